The van der Waals surface area contributed by atoms with Gasteiger partial charge in [-0.3, -0.25) is 0 Å². The summed E-state index contributed by atoms with van der Waals surface area (Å²) in [6, 6.07) is 1.64. The van der Waals surface area contributed by atoms with Gasteiger partial charge in [-0.15, -0.1) is 0 Å². The zero-order valence-corrected chi connectivity index (χ0v) is 7.83. The molecule has 0 saturated carbocycles. The van der Waals surface area contributed by atoms with Crippen molar-refractivity contribution in [1.29, 1.82) is 0 Å². The van der Waals surface area contributed by atoms with Crippen LogP contribution in [0.1, 0.15) is 5.56 Å². The summed E-state index contributed by atoms with van der Waals surface area (Å²) in [6.07, 6.45) is -4.38. The lowest BCUT2D eigenvalue weighted by Crippen LogP contribution is -2.05. The molecule has 0 spiro atoms. The van der Waals surface area contributed by atoms with Gasteiger partial charge in [0.1, 0.15) is 9.76 Å². The fourth-order valence-corrected chi connectivity index (χ4v) is 1.38. The van der Waals surface area contributed by atoms with Gasteiger partial charge in [-0.2, -0.15) is 13.2 Å². The van der Waals surface area contributed by atoms with E-state index in [9.17, 15) is 13.2 Å². The number of nitrogens with zero attached hydrogens (tertiary/aromatic N) is 1. The lowest BCUT2D eigenvalue weighted by atomic mass is 10.3. The van der Waals surface area contributed by atoms with Crippen LogP contribution in [-0.2, 0) is 6.18 Å². The van der Waals surface area contributed by atoms with Crippen LogP contribution in [0.3, 0.4) is 0 Å². The van der Waals surface area contributed by atoms with Gasteiger partial charge in [0.15, 0.2) is 0 Å². The molecule has 0 aromatic carbocycles. The standard InChI is InChI=1S/C6H2BrClF3N/c7-4-1-3(6(9,10)11)2-5(8)12-4/h1-2H. The van der Waals surface area contributed by atoms with Crippen LogP contribution >= 0.6 is 27.5 Å². The van der Waals surface area contributed by atoms with E-state index in [-0.39, 0.29) is 9.76 Å². The first-order chi connectivity index (χ1) is 5.39. The average molecular weight is 260 g/mol. The molecule has 1 nitrogen and oxygen atoms in total. The van der Waals surface area contributed by atoms with Gasteiger partial charge >= 0.3 is 6.18 Å². The van der Waals surface area contributed by atoms with E-state index in [1.54, 1.807) is 0 Å². The third kappa shape index (κ3) is 2.35. The van der Waals surface area contributed by atoms with Crippen molar-refractivity contribution in [1.82, 2.24) is 4.98 Å². The molecule has 1 rings (SSSR count). The van der Waals surface area contributed by atoms with Crippen molar-refractivity contribution in [2.75, 3.05) is 0 Å². The van der Waals surface area contributed by atoms with Crippen molar-refractivity contribution in [3.63, 3.8) is 0 Å². The van der Waals surface area contributed by atoms with Crippen LogP contribution in [0.25, 0.3) is 0 Å². The quantitative estimate of drug-likeness (QED) is 0.650. The van der Waals surface area contributed by atoms with Crippen LogP contribution in [0, 0.1) is 0 Å². The molecule has 66 valence electrons. The second-order valence-corrected chi connectivity index (χ2v) is 3.20. The van der Waals surface area contributed by atoms with Gasteiger partial charge in [0.05, 0.1) is 5.56 Å². The van der Waals surface area contributed by atoms with E-state index in [4.69, 9.17) is 11.6 Å². The van der Waals surface area contributed by atoms with E-state index in [2.05, 4.69) is 20.9 Å². The minimum Gasteiger partial charge on any atom is -0.229 e. The number of hydrogen-bond acceptors (Lipinski definition) is 1. The van der Waals surface area contributed by atoms with Crippen molar-refractivity contribution in [2.45, 2.75) is 6.18 Å². The first-order valence-corrected chi connectivity index (χ1v) is 3.97. The Morgan fingerprint density at radius 3 is 2.33 bits per heavy atom. The van der Waals surface area contributed by atoms with E-state index in [1.165, 1.54) is 0 Å². The first-order valence-electron chi connectivity index (χ1n) is 2.80. The number of pyridine rings is 1. The van der Waals surface area contributed by atoms with Crippen molar-refractivity contribution in [3.8, 4) is 0 Å². The molecule has 0 bridgehead atoms. The minimum atomic E-state index is -4.38. The highest BCUT2D eigenvalue weighted by Gasteiger charge is 2.31. The van der Waals surface area contributed by atoms with E-state index in [0.717, 1.165) is 12.1 Å². The fraction of sp³-hybridized carbons (Fsp3) is 0.167. The molecule has 12 heavy (non-hydrogen) atoms. The number of rotatable bonds is 0. The molecular weight excluding hydrogens is 258 g/mol. The smallest absolute Gasteiger partial charge is 0.229 e. The summed E-state index contributed by atoms with van der Waals surface area (Å²) in [4.78, 5) is 3.53. The summed E-state index contributed by atoms with van der Waals surface area (Å²) < 4.78 is 36.2. The van der Waals surface area contributed by atoms with Crippen molar-refractivity contribution in [2.24, 2.45) is 0 Å². The Bertz CT molecular complexity index is 279. The highest BCUT2D eigenvalue weighted by molar-refractivity contribution is 9.10. The zero-order chi connectivity index (χ0) is 9.35. The van der Waals surface area contributed by atoms with Crippen molar-refractivity contribution in [3.05, 3.63) is 27.5 Å². The van der Waals surface area contributed by atoms with Gasteiger partial charge in [-0.05, 0) is 28.1 Å². The first kappa shape index (κ1) is 9.80. The largest absolute Gasteiger partial charge is 0.416 e. The van der Waals surface area contributed by atoms with Crippen LogP contribution in [0.4, 0.5) is 13.2 Å². The average Bonchev–Trinajstić information content (AvgIpc) is 1.82. The van der Waals surface area contributed by atoms with E-state index in [0.29, 0.717) is 0 Å². The Labute approximate surface area is 79.7 Å². The van der Waals surface area contributed by atoms with E-state index >= 15 is 0 Å². The van der Waals surface area contributed by atoms with Gasteiger partial charge < -0.3 is 0 Å². The fourth-order valence-electron chi connectivity index (χ4n) is 0.629. The molecule has 0 radical (unpaired) electrons. The maximum absolute atomic E-state index is 12.0. The molecule has 0 saturated heterocycles. The lowest BCUT2D eigenvalue weighted by Gasteiger charge is -2.06. The van der Waals surface area contributed by atoms with E-state index in [1.807, 2.05) is 0 Å². The molecule has 0 aliphatic heterocycles. The molecule has 0 N–H and O–H groups in total. The highest BCUT2D eigenvalue weighted by atomic mass is 79.9. The van der Waals surface area contributed by atoms with Crippen LogP contribution in [-0.4, -0.2) is 4.98 Å². The molecule has 0 fully saturated rings. The monoisotopic (exact) mass is 259 g/mol. The summed E-state index contributed by atoms with van der Waals surface area (Å²) in [5, 5.41) is -0.184. The number of hydrogen-bond donors (Lipinski definition) is 0. The topological polar surface area (TPSA) is 12.9 Å². The maximum Gasteiger partial charge on any atom is 0.416 e. The Balaban J connectivity index is 3.18. The van der Waals surface area contributed by atoms with Crippen molar-refractivity contribution < 1.29 is 13.2 Å². The van der Waals surface area contributed by atoms with Gasteiger partial charge in [-0.25, -0.2) is 4.98 Å². The molecule has 1 aromatic rings. The molecule has 1 heterocycles. The van der Waals surface area contributed by atoms with Crippen LogP contribution in [0.15, 0.2) is 16.7 Å². The van der Waals surface area contributed by atoms with Gasteiger partial charge in [0, 0.05) is 0 Å². The number of aromatic nitrogens is 1. The molecule has 0 unspecified atom stereocenters. The summed E-state index contributed by atoms with van der Waals surface area (Å²) in [7, 11) is 0. The molecular formula is C6H2BrClF3N. The minimum absolute atomic E-state index is 0.0716. The highest BCUT2D eigenvalue weighted by Crippen LogP contribution is 2.31. The second kappa shape index (κ2) is 3.22. The Morgan fingerprint density at radius 2 is 1.92 bits per heavy atom. The molecule has 6 heteroatoms. The predicted octanol–water partition coefficient (Wildman–Crippen LogP) is 3.52. The molecule has 1 aromatic heterocycles. The molecule has 0 amide bonds. The van der Waals surface area contributed by atoms with Gasteiger partial charge in [0.25, 0.3) is 0 Å². The molecule has 0 aliphatic carbocycles. The number of alkyl halides is 3. The summed E-state index contributed by atoms with van der Waals surface area (Å²) >= 11 is 8.12. The second-order valence-electron chi connectivity index (χ2n) is 2.00. The maximum atomic E-state index is 12.0. The SMILES string of the molecule is FC(F)(F)c1cc(Cl)nc(Br)c1. The third-order valence-electron chi connectivity index (χ3n) is 1.09. The Hall–Kier alpha value is -0.290. The number of halogens is 5. The zero-order valence-electron chi connectivity index (χ0n) is 5.49. The van der Waals surface area contributed by atoms with Crippen LogP contribution in [0.5, 0.6) is 0 Å². The van der Waals surface area contributed by atoms with Crippen LogP contribution in [0.2, 0.25) is 5.15 Å². The molecule has 0 aliphatic rings. The summed E-state index contributed by atoms with van der Waals surface area (Å²) in [5.74, 6) is 0. The van der Waals surface area contributed by atoms with Crippen LogP contribution < -0.4 is 0 Å². The molecule has 0 atom stereocenters. The van der Waals surface area contributed by atoms with Gasteiger partial charge in [0.2, 0.25) is 0 Å². The van der Waals surface area contributed by atoms with Gasteiger partial charge in [-0.1, -0.05) is 11.6 Å². The normalized spacial score (nSPS) is 11.8. The van der Waals surface area contributed by atoms with E-state index < -0.39 is 11.7 Å². The lowest BCUT2D eigenvalue weighted by molar-refractivity contribution is -0.137. The third-order valence-corrected chi connectivity index (χ3v) is 1.69. The Morgan fingerprint density at radius 1 is 1.33 bits per heavy atom. The summed E-state index contributed by atoms with van der Waals surface area (Å²) in [6.45, 7) is 0. The predicted molar refractivity (Wildman–Crippen MR) is 41.9 cm³/mol. The van der Waals surface area contributed by atoms with Crippen molar-refractivity contribution >= 4 is 27.5 Å². The summed E-state index contributed by atoms with van der Waals surface area (Å²) in [5.41, 5.74) is -0.811. The Kier molecular flexibility index (Phi) is 2.63.